The summed E-state index contributed by atoms with van der Waals surface area (Å²) in [4.78, 5) is 116. The number of nitrogens with one attached hydrogen (secondary N) is 5. The summed E-state index contributed by atoms with van der Waals surface area (Å²) in [5.41, 5.74) is 19.1. The number of carbonyl (C=O) groups is 9. The van der Waals surface area contributed by atoms with Crippen LogP contribution in [-0.4, -0.2) is 146 Å². The Morgan fingerprint density at radius 3 is 2.16 bits per heavy atom. The fourth-order valence-corrected chi connectivity index (χ4v) is 6.94. The van der Waals surface area contributed by atoms with Crippen LogP contribution in [-0.2, 0) is 47.9 Å². The predicted octanol–water partition coefficient (Wildman–Crippen LogP) is -5.43. The summed E-state index contributed by atoms with van der Waals surface area (Å²) in [5, 5.41) is 40.9. The SMILES string of the molecule is C[C@H](N)C(=O)N[C@@H](C)C(=O)N[C@@H](C)C(=O)N[C@H](CCCN=C(N)N)[C@H](O)CC(=O)OCC1=C(C(=O)O)N2C(=O)[C@@](NC=O)(NC(=O)CCC[C@@H](N)C(=O)O)C2SC1. The number of fused-ring (bicyclic) bond motifs is 1. The summed E-state index contributed by atoms with van der Waals surface area (Å²) in [6.45, 7) is 3.62. The summed E-state index contributed by atoms with van der Waals surface area (Å²) < 4.78 is 5.27. The monoisotopic (exact) mass is 829 g/mol. The molecule has 1 fully saturated rings. The molecule has 2 aliphatic heterocycles. The van der Waals surface area contributed by atoms with Crippen molar-refractivity contribution in [2.45, 2.75) is 107 Å². The molecule has 0 aromatic carbocycles. The smallest absolute Gasteiger partial charge is 0.352 e. The molecule has 1 saturated heterocycles. The minimum Gasteiger partial charge on any atom is -0.480 e. The quantitative estimate of drug-likeness (QED) is 0.00821. The standard InChI is InChI=1S/C32H51N11O13S/c1-14(33)24(48)39-15(2)25(49)40-16(3)26(50)41-19(7-5-9-37-31(35)36)20(45)10-22(47)56-11-17-12-57-30-32(38-13-44,29(55)43(30)23(17)28(53)54)42-21(46)8-4-6-18(34)27(51)52/h13-16,18-20,30,45H,4-12,33-34H2,1-3H3,(H,38,44)(H,39,48)(H,40,49)(H,41,50)(H,42,46)(H,51,52)(H,53,54)(H4,35,36,37)/t14-,15-,16-,18+,19+,20+,30?,32+/m0/s1. The van der Waals surface area contributed by atoms with Crippen molar-refractivity contribution in [3.63, 3.8) is 0 Å². The van der Waals surface area contributed by atoms with Crippen molar-refractivity contribution in [2.75, 3.05) is 18.9 Å². The zero-order valence-corrected chi connectivity index (χ0v) is 32.3. The Kier molecular flexibility index (Phi) is 18.1. The molecule has 6 amide bonds. The van der Waals surface area contributed by atoms with Gasteiger partial charge in [-0.15, -0.1) is 11.8 Å². The number of amides is 6. The highest BCUT2D eigenvalue weighted by molar-refractivity contribution is 8.00. The third-order valence-electron chi connectivity index (χ3n) is 8.67. The molecular formula is C32H51N11O13S. The molecule has 0 bridgehead atoms. The molecule has 0 spiro atoms. The minimum absolute atomic E-state index is 0.0216. The van der Waals surface area contributed by atoms with Crippen LogP contribution in [0.3, 0.4) is 0 Å². The van der Waals surface area contributed by atoms with Gasteiger partial charge in [0.15, 0.2) is 5.96 Å². The first kappa shape index (κ1) is 47.6. The van der Waals surface area contributed by atoms with Gasteiger partial charge in [0.1, 0.15) is 35.8 Å². The van der Waals surface area contributed by atoms with Crippen LogP contribution < -0.4 is 49.5 Å². The summed E-state index contributed by atoms with van der Waals surface area (Å²) in [6.07, 6.45) is -2.10. The molecule has 0 aromatic rings. The third kappa shape index (κ3) is 13.3. The van der Waals surface area contributed by atoms with Crippen LogP contribution in [0.25, 0.3) is 0 Å². The van der Waals surface area contributed by atoms with Gasteiger partial charge in [-0.05, 0) is 46.5 Å². The lowest BCUT2D eigenvalue weighted by Crippen LogP contribution is -2.85. The number of aliphatic hydroxyl groups excluding tert-OH is 1. The van der Waals surface area contributed by atoms with E-state index in [0.29, 0.717) is 0 Å². The molecule has 1 unspecified atom stereocenters. The lowest BCUT2D eigenvalue weighted by Gasteiger charge is -2.56. The van der Waals surface area contributed by atoms with E-state index in [1.807, 2.05) is 0 Å². The van der Waals surface area contributed by atoms with E-state index >= 15 is 0 Å². The molecule has 0 radical (unpaired) electrons. The molecular weight excluding hydrogens is 778 g/mol. The Morgan fingerprint density at radius 2 is 1.60 bits per heavy atom. The first-order valence-electron chi connectivity index (χ1n) is 17.6. The normalized spacial score (nSPS) is 20.4. The van der Waals surface area contributed by atoms with Crippen molar-refractivity contribution in [1.29, 1.82) is 0 Å². The highest BCUT2D eigenvalue weighted by atomic mass is 32.2. The van der Waals surface area contributed by atoms with Crippen molar-refractivity contribution in [3.05, 3.63) is 11.3 Å². The van der Waals surface area contributed by atoms with Gasteiger partial charge >= 0.3 is 17.9 Å². The lowest BCUT2D eigenvalue weighted by molar-refractivity contribution is -0.162. The van der Waals surface area contributed by atoms with Crippen molar-refractivity contribution < 1.29 is 63.2 Å². The van der Waals surface area contributed by atoms with E-state index in [2.05, 4.69) is 31.6 Å². The van der Waals surface area contributed by atoms with E-state index in [9.17, 15) is 53.4 Å². The van der Waals surface area contributed by atoms with Gasteiger partial charge in [0.2, 0.25) is 35.7 Å². The molecule has 2 heterocycles. The third-order valence-corrected chi connectivity index (χ3v) is 10.1. The topological polar surface area (TPSA) is 403 Å². The van der Waals surface area contributed by atoms with Gasteiger partial charge in [0.25, 0.3) is 5.91 Å². The van der Waals surface area contributed by atoms with Crippen LogP contribution in [0.15, 0.2) is 16.3 Å². The number of hydrogen-bond acceptors (Lipinski definition) is 15. The number of carbonyl (C=O) groups excluding carboxylic acids is 7. The average molecular weight is 830 g/mol. The first-order valence-corrected chi connectivity index (χ1v) is 18.7. The number of guanidine groups is 1. The number of carboxylic acids is 2. The Balaban J connectivity index is 2.12. The van der Waals surface area contributed by atoms with Gasteiger partial charge in [-0.25, -0.2) is 4.79 Å². The Bertz CT molecular complexity index is 1620. The number of ether oxygens (including phenoxy) is 1. The first-order chi connectivity index (χ1) is 26.7. The molecule has 8 atom stereocenters. The number of aliphatic imine (C=N–C) groups is 1. The highest BCUT2D eigenvalue weighted by Gasteiger charge is 2.66. The molecule has 16 N–H and O–H groups in total. The van der Waals surface area contributed by atoms with Crippen LogP contribution >= 0.6 is 11.8 Å². The number of carboxylic acid groups (broad SMARTS) is 2. The number of thioether (sulfide) groups is 1. The second-order valence-corrected chi connectivity index (χ2v) is 14.4. The number of aliphatic hydroxyl groups is 1. The van der Waals surface area contributed by atoms with Crippen molar-refractivity contribution >= 4 is 71.6 Å². The van der Waals surface area contributed by atoms with E-state index in [-0.39, 0.29) is 62.3 Å². The molecule has 0 aliphatic carbocycles. The predicted molar refractivity (Wildman–Crippen MR) is 200 cm³/mol. The van der Waals surface area contributed by atoms with Crippen molar-refractivity contribution in [3.8, 4) is 0 Å². The van der Waals surface area contributed by atoms with Gasteiger partial charge < -0.3 is 69.6 Å². The summed E-state index contributed by atoms with van der Waals surface area (Å²) in [7, 11) is 0. The Hall–Kier alpha value is -5.53. The van der Waals surface area contributed by atoms with E-state index < -0.39 is 114 Å². The molecule has 318 valence electrons. The Labute approximate surface area is 330 Å². The number of nitrogens with two attached hydrogens (primary N) is 4. The highest BCUT2D eigenvalue weighted by Crippen LogP contribution is 2.45. The summed E-state index contributed by atoms with van der Waals surface area (Å²) in [6, 6.07) is -5.40. The number of hydrogen-bond donors (Lipinski definition) is 12. The van der Waals surface area contributed by atoms with Gasteiger partial charge in [-0.1, -0.05) is 0 Å². The number of esters is 1. The van der Waals surface area contributed by atoms with Crippen LogP contribution in [0.5, 0.6) is 0 Å². The van der Waals surface area contributed by atoms with E-state index in [1.54, 1.807) is 0 Å². The number of β-lactam (4-membered cyclic amide) rings is 1. The Morgan fingerprint density at radius 1 is 0.982 bits per heavy atom. The van der Waals surface area contributed by atoms with Gasteiger partial charge in [-0.3, -0.25) is 48.2 Å². The van der Waals surface area contributed by atoms with E-state index in [4.69, 9.17) is 32.8 Å². The van der Waals surface area contributed by atoms with Gasteiger partial charge in [0, 0.05) is 24.3 Å². The maximum atomic E-state index is 13.4. The van der Waals surface area contributed by atoms with Gasteiger partial charge in [0.05, 0.1) is 24.6 Å². The van der Waals surface area contributed by atoms with Crippen LogP contribution in [0.2, 0.25) is 0 Å². The molecule has 24 nitrogen and oxygen atoms in total. The largest absolute Gasteiger partial charge is 0.480 e. The number of rotatable bonds is 24. The second-order valence-electron chi connectivity index (χ2n) is 13.3. The van der Waals surface area contributed by atoms with Crippen molar-refractivity contribution in [1.82, 2.24) is 31.5 Å². The average Bonchev–Trinajstić information content (AvgIpc) is 3.13. The molecule has 2 rings (SSSR count). The van der Waals surface area contributed by atoms with Crippen LogP contribution in [0.4, 0.5) is 0 Å². The minimum atomic E-state index is -2.02. The zero-order valence-electron chi connectivity index (χ0n) is 31.5. The maximum Gasteiger partial charge on any atom is 0.352 e. The summed E-state index contributed by atoms with van der Waals surface area (Å²) in [5.74, 6) is -7.99. The van der Waals surface area contributed by atoms with E-state index in [1.165, 1.54) is 20.8 Å². The van der Waals surface area contributed by atoms with E-state index in [0.717, 1.165) is 16.7 Å². The lowest BCUT2D eigenvalue weighted by atomic mass is 9.94. The molecule has 25 heteroatoms. The molecule has 0 saturated carbocycles. The number of aliphatic carboxylic acids is 2. The fourth-order valence-electron chi connectivity index (χ4n) is 5.54. The fraction of sp³-hybridized carbons (Fsp3) is 0.625. The zero-order chi connectivity index (χ0) is 43.2. The van der Waals surface area contributed by atoms with Crippen molar-refractivity contribution in [2.24, 2.45) is 27.9 Å². The second kappa shape index (κ2) is 21.7. The summed E-state index contributed by atoms with van der Waals surface area (Å²) >= 11 is 0.948. The van der Waals surface area contributed by atoms with Gasteiger partial charge in [-0.2, -0.15) is 0 Å². The van der Waals surface area contributed by atoms with Crippen LogP contribution in [0, 0.1) is 0 Å². The number of nitrogens with zero attached hydrogens (tertiary/aromatic N) is 2. The maximum absolute atomic E-state index is 13.4. The van der Waals surface area contributed by atoms with Crippen LogP contribution in [0.1, 0.15) is 59.3 Å². The molecule has 0 aromatic heterocycles. The molecule has 57 heavy (non-hydrogen) atoms. The molecule has 2 aliphatic rings.